The van der Waals surface area contributed by atoms with E-state index in [0.29, 0.717) is 11.8 Å². The molecule has 3 heteroatoms. The summed E-state index contributed by atoms with van der Waals surface area (Å²) in [7, 11) is 0. The lowest BCUT2D eigenvalue weighted by Gasteiger charge is -2.39. The van der Waals surface area contributed by atoms with Gasteiger partial charge in [-0.2, -0.15) is 0 Å². The van der Waals surface area contributed by atoms with Crippen LogP contribution in [0.4, 0.5) is 0 Å². The van der Waals surface area contributed by atoms with Crippen molar-refractivity contribution in [2.45, 2.75) is 31.7 Å². The van der Waals surface area contributed by atoms with Crippen molar-refractivity contribution in [1.29, 1.82) is 0 Å². The second-order valence-electron chi connectivity index (χ2n) is 5.44. The van der Waals surface area contributed by atoms with E-state index in [9.17, 15) is 0 Å². The summed E-state index contributed by atoms with van der Waals surface area (Å²) in [5.74, 6) is 1.76. The van der Waals surface area contributed by atoms with Crippen molar-refractivity contribution in [3.05, 3.63) is 46.3 Å². The normalized spacial score (nSPS) is 39.0. The molecule has 0 aliphatic heterocycles. The van der Waals surface area contributed by atoms with Gasteiger partial charge in [0.15, 0.2) is 0 Å². The molecule has 0 saturated heterocycles. The number of rotatable bonds is 2. The maximum Gasteiger partial charge on any atom is 0.0794 e. The lowest BCUT2D eigenvalue weighted by molar-refractivity contribution is 0.190. The molecule has 0 amide bonds. The standard InChI is InChI=1S/C14H17N3/c1-10-11-7-8-13(9-11)14(10,16-17-15)12-5-3-2-4-6-12/h2-6,10-11,13H,7-9H2,1H3/t10?,11-,13+,14?/m1/s1. The first-order valence-corrected chi connectivity index (χ1v) is 6.41. The van der Waals surface area contributed by atoms with Crippen molar-refractivity contribution in [2.24, 2.45) is 22.9 Å². The lowest BCUT2D eigenvalue weighted by atomic mass is 9.70. The first-order valence-electron chi connectivity index (χ1n) is 6.41. The van der Waals surface area contributed by atoms with E-state index in [1.54, 1.807) is 0 Å². The molecular formula is C14H17N3. The Balaban J connectivity index is 2.14. The van der Waals surface area contributed by atoms with E-state index in [1.165, 1.54) is 24.8 Å². The van der Waals surface area contributed by atoms with Crippen LogP contribution in [0, 0.1) is 17.8 Å². The smallest absolute Gasteiger partial charge is 0.0794 e. The average Bonchev–Trinajstić information content (AvgIpc) is 2.94. The minimum Gasteiger partial charge on any atom is -0.0820 e. The number of nitrogens with zero attached hydrogens (tertiary/aromatic N) is 3. The average molecular weight is 227 g/mol. The van der Waals surface area contributed by atoms with Gasteiger partial charge in [0.25, 0.3) is 0 Å². The fourth-order valence-corrected chi connectivity index (χ4v) is 4.11. The monoisotopic (exact) mass is 227 g/mol. The highest BCUT2D eigenvalue weighted by Gasteiger charge is 2.56. The van der Waals surface area contributed by atoms with Crippen LogP contribution in [0.15, 0.2) is 35.4 Å². The minimum atomic E-state index is -0.279. The van der Waals surface area contributed by atoms with Gasteiger partial charge in [0, 0.05) is 4.91 Å². The van der Waals surface area contributed by atoms with Crippen molar-refractivity contribution in [2.75, 3.05) is 0 Å². The molecule has 0 spiro atoms. The number of benzene rings is 1. The Kier molecular flexibility index (Phi) is 2.37. The van der Waals surface area contributed by atoms with E-state index < -0.39 is 0 Å². The van der Waals surface area contributed by atoms with Crippen molar-refractivity contribution < 1.29 is 0 Å². The zero-order valence-electron chi connectivity index (χ0n) is 10.1. The largest absolute Gasteiger partial charge is 0.0820 e. The molecule has 0 heterocycles. The van der Waals surface area contributed by atoms with Crippen molar-refractivity contribution in [3.8, 4) is 0 Å². The third-order valence-corrected chi connectivity index (χ3v) is 4.94. The summed E-state index contributed by atoms with van der Waals surface area (Å²) >= 11 is 0. The van der Waals surface area contributed by atoms with Gasteiger partial charge in [-0.15, -0.1) is 0 Å². The molecule has 88 valence electrons. The topological polar surface area (TPSA) is 48.8 Å². The van der Waals surface area contributed by atoms with Crippen LogP contribution in [0.25, 0.3) is 10.4 Å². The van der Waals surface area contributed by atoms with Gasteiger partial charge >= 0.3 is 0 Å². The molecule has 2 unspecified atom stereocenters. The van der Waals surface area contributed by atoms with Gasteiger partial charge in [-0.3, -0.25) is 0 Å². The van der Waals surface area contributed by atoms with Gasteiger partial charge < -0.3 is 0 Å². The van der Waals surface area contributed by atoms with Crippen LogP contribution in [0.2, 0.25) is 0 Å². The summed E-state index contributed by atoms with van der Waals surface area (Å²) < 4.78 is 0. The SMILES string of the molecule is CC1[C@@H]2CC[C@@H](C2)C1(N=[N+]=[N-])c1ccccc1. The van der Waals surface area contributed by atoms with Crippen LogP contribution < -0.4 is 0 Å². The van der Waals surface area contributed by atoms with Crippen LogP contribution >= 0.6 is 0 Å². The summed E-state index contributed by atoms with van der Waals surface area (Å²) in [4.78, 5) is 3.16. The summed E-state index contributed by atoms with van der Waals surface area (Å²) in [6.07, 6.45) is 3.75. The fraction of sp³-hybridized carbons (Fsp3) is 0.571. The Morgan fingerprint density at radius 3 is 2.65 bits per heavy atom. The van der Waals surface area contributed by atoms with Crippen molar-refractivity contribution in [1.82, 2.24) is 0 Å². The zero-order chi connectivity index (χ0) is 11.9. The number of hydrogen-bond donors (Lipinski definition) is 0. The predicted molar refractivity (Wildman–Crippen MR) is 67.3 cm³/mol. The molecule has 4 atom stereocenters. The summed E-state index contributed by atoms with van der Waals surface area (Å²) in [5, 5.41) is 4.27. The molecule has 17 heavy (non-hydrogen) atoms. The second kappa shape index (κ2) is 3.78. The Labute approximate surface area is 101 Å². The molecule has 0 aromatic heterocycles. The van der Waals surface area contributed by atoms with Crippen LogP contribution in [-0.4, -0.2) is 0 Å². The molecule has 3 rings (SSSR count). The van der Waals surface area contributed by atoms with Crippen molar-refractivity contribution in [3.63, 3.8) is 0 Å². The van der Waals surface area contributed by atoms with Gasteiger partial charge in [0.05, 0.1) is 5.54 Å². The molecule has 3 nitrogen and oxygen atoms in total. The maximum absolute atomic E-state index is 8.96. The molecule has 2 aliphatic rings. The highest BCUT2D eigenvalue weighted by Crippen LogP contribution is 2.61. The van der Waals surface area contributed by atoms with Gasteiger partial charge in [0.2, 0.25) is 0 Å². The summed E-state index contributed by atoms with van der Waals surface area (Å²) in [6, 6.07) is 10.3. The van der Waals surface area contributed by atoms with E-state index in [-0.39, 0.29) is 5.54 Å². The van der Waals surface area contributed by atoms with Crippen LogP contribution in [-0.2, 0) is 5.54 Å². The number of azide groups is 1. The van der Waals surface area contributed by atoms with Gasteiger partial charge in [-0.05, 0) is 48.1 Å². The maximum atomic E-state index is 8.96. The van der Waals surface area contributed by atoms with Gasteiger partial charge in [-0.1, -0.05) is 42.4 Å². The lowest BCUT2D eigenvalue weighted by Crippen LogP contribution is -2.37. The fourth-order valence-electron chi connectivity index (χ4n) is 4.11. The molecule has 2 aliphatic carbocycles. The highest BCUT2D eigenvalue weighted by molar-refractivity contribution is 5.30. The Morgan fingerprint density at radius 2 is 2.06 bits per heavy atom. The molecule has 2 bridgehead atoms. The van der Waals surface area contributed by atoms with E-state index in [1.807, 2.05) is 18.2 Å². The first-order chi connectivity index (χ1) is 8.29. The predicted octanol–water partition coefficient (Wildman–Crippen LogP) is 4.26. The van der Waals surface area contributed by atoms with Gasteiger partial charge in [-0.25, -0.2) is 0 Å². The third kappa shape index (κ3) is 1.32. The molecule has 0 radical (unpaired) electrons. The number of hydrogen-bond acceptors (Lipinski definition) is 1. The first kappa shape index (κ1) is 10.7. The Hall–Kier alpha value is -1.47. The summed E-state index contributed by atoms with van der Waals surface area (Å²) in [6.45, 7) is 2.26. The van der Waals surface area contributed by atoms with Crippen LogP contribution in [0.1, 0.15) is 31.7 Å². The van der Waals surface area contributed by atoms with Gasteiger partial charge in [0.1, 0.15) is 0 Å². The second-order valence-corrected chi connectivity index (χ2v) is 5.44. The zero-order valence-corrected chi connectivity index (χ0v) is 10.1. The third-order valence-electron chi connectivity index (χ3n) is 4.94. The van der Waals surface area contributed by atoms with Crippen LogP contribution in [0.3, 0.4) is 0 Å². The quantitative estimate of drug-likeness (QED) is 0.412. The summed E-state index contributed by atoms with van der Waals surface area (Å²) in [5.41, 5.74) is 9.88. The highest BCUT2D eigenvalue weighted by atomic mass is 15.2. The van der Waals surface area contributed by atoms with E-state index in [0.717, 1.165) is 5.92 Å². The van der Waals surface area contributed by atoms with E-state index >= 15 is 0 Å². The van der Waals surface area contributed by atoms with E-state index in [4.69, 9.17) is 5.53 Å². The Bertz CT molecular complexity index is 460. The van der Waals surface area contributed by atoms with E-state index in [2.05, 4.69) is 29.1 Å². The number of fused-ring (bicyclic) bond motifs is 2. The molecule has 2 fully saturated rings. The molecule has 0 N–H and O–H groups in total. The molecular weight excluding hydrogens is 210 g/mol. The minimum absolute atomic E-state index is 0.279. The molecule has 2 saturated carbocycles. The van der Waals surface area contributed by atoms with Crippen LogP contribution in [0.5, 0.6) is 0 Å². The van der Waals surface area contributed by atoms with Crippen molar-refractivity contribution >= 4 is 0 Å². The molecule has 1 aromatic carbocycles. The molecule has 1 aromatic rings. The Morgan fingerprint density at radius 1 is 1.29 bits per heavy atom.